The molecule has 1 aliphatic rings. The van der Waals surface area contributed by atoms with Crippen molar-refractivity contribution in [2.75, 3.05) is 6.61 Å². The maximum Gasteiger partial charge on any atom is 0.330 e. The van der Waals surface area contributed by atoms with Gasteiger partial charge >= 0.3 is 5.97 Å². The number of hydrogen-bond donors (Lipinski definition) is 0. The molecule has 15 heavy (non-hydrogen) atoms. The van der Waals surface area contributed by atoms with Gasteiger partial charge in [0.25, 0.3) is 0 Å². The minimum atomic E-state index is -0.308. The van der Waals surface area contributed by atoms with E-state index in [2.05, 4.69) is 32.6 Å². The molecule has 0 bridgehead atoms. The zero-order valence-electron chi connectivity index (χ0n) is 9.61. The van der Waals surface area contributed by atoms with Crippen molar-refractivity contribution in [2.24, 2.45) is 17.8 Å². The van der Waals surface area contributed by atoms with Gasteiger partial charge in [0.2, 0.25) is 0 Å². The lowest BCUT2D eigenvalue weighted by Gasteiger charge is -2.08. The van der Waals surface area contributed by atoms with E-state index in [0.29, 0.717) is 24.4 Å². The van der Waals surface area contributed by atoms with Gasteiger partial charge in [-0.1, -0.05) is 25.7 Å². The summed E-state index contributed by atoms with van der Waals surface area (Å²) in [6, 6.07) is 0. The first-order valence-electron chi connectivity index (χ1n) is 5.59. The van der Waals surface area contributed by atoms with E-state index >= 15 is 0 Å². The number of hydrogen-bond acceptors (Lipinski definition) is 2. The molecule has 0 aromatic rings. The number of allylic oxidation sites excluding steroid dienone is 2. The van der Waals surface area contributed by atoms with Crippen LogP contribution in [0.2, 0.25) is 0 Å². The predicted molar refractivity (Wildman–Crippen MR) is 61.3 cm³/mol. The van der Waals surface area contributed by atoms with Crippen LogP contribution in [0.3, 0.4) is 0 Å². The third-order valence-electron chi connectivity index (χ3n) is 3.11. The van der Waals surface area contributed by atoms with Gasteiger partial charge in [0.1, 0.15) is 0 Å². The topological polar surface area (TPSA) is 26.3 Å². The highest BCUT2D eigenvalue weighted by Gasteiger charge is 2.29. The van der Waals surface area contributed by atoms with Crippen LogP contribution in [0.4, 0.5) is 0 Å². The van der Waals surface area contributed by atoms with E-state index < -0.39 is 0 Å². The Hall–Kier alpha value is -1.05. The van der Waals surface area contributed by atoms with Crippen molar-refractivity contribution in [2.45, 2.75) is 26.7 Å². The van der Waals surface area contributed by atoms with Gasteiger partial charge in [0.05, 0.1) is 6.61 Å². The maximum absolute atomic E-state index is 10.9. The SMILES string of the molecule is C=CC(=O)OCC1CC(C)C(/C=C\C)C1. The summed E-state index contributed by atoms with van der Waals surface area (Å²) in [5, 5.41) is 0. The van der Waals surface area contributed by atoms with Crippen LogP contribution in [0.5, 0.6) is 0 Å². The minimum Gasteiger partial charge on any atom is -0.462 e. The monoisotopic (exact) mass is 208 g/mol. The Morgan fingerprint density at radius 3 is 2.87 bits per heavy atom. The van der Waals surface area contributed by atoms with Crippen LogP contribution in [-0.4, -0.2) is 12.6 Å². The van der Waals surface area contributed by atoms with Crippen LogP contribution in [0.1, 0.15) is 26.7 Å². The third-order valence-corrected chi connectivity index (χ3v) is 3.11. The summed E-state index contributed by atoms with van der Waals surface area (Å²) < 4.78 is 5.07. The van der Waals surface area contributed by atoms with Crippen molar-refractivity contribution < 1.29 is 9.53 Å². The lowest BCUT2D eigenvalue weighted by molar-refractivity contribution is -0.139. The average molecular weight is 208 g/mol. The second-order valence-corrected chi connectivity index (χ2v) is 4.34. The summed E-state index contributed by atoms with van der Waals surface area (Å²) in [5.41, 5.74) is 0. The van der Waals surface area contributed by atoms with E-state index in [1.54, 1.807) is 0 Å². The van der Waals surface area contributed by atoms with E-state index in [4.69, 9.17) is 4.74 Å². The van der Waals surface area contributed by atoms with E-state index in [0.717, 1.165) is 12.8 Å². The molecule has 0 spiro atoms. The Bertz CT molecular complexity index is 255. The standard InChI is InChI=1S/C13H20O2/c1-4-6-12-8-11(7-10(12)3)9-15-13(14)5-2/h4-6,10-12H,2,7-9H2,1,3H3/b6-4-. The lowest BCUT2D eigenvalue weighted by atomic mass is 9.98. The molecular weight excluding hydrogens is 188 g/mol. The quantitative estimate of drug-likeness (QED) is 0.403. The van der Waals surface area contributed by atoms with Gasteiger partial charge < -0.3 is 4.74 Å². The first-order valence-corrected chi connectivity index (χ1v) is 5.59. The van der Waals surface area contributed by atoms with Gasteiger partial charge in [-0.05, 0) is 37.5 Å². The molecule has 0 saturated heterocycles. The maximum atomic E-state index is 10.9. The molecule has 0 N–H and O–H groups in total. The fraction of sp³-hybridized carbons (Fsp3) is 0.615. The smallest absolute Gasteiger partial charge is 0.330 e. The Morgan fingerprint density at radius 1 is 1.53 bits per heavy atom. The molecule has 3 atom stereocenters. The van der Waals surface area contributed by atoms with E-state index in [9.17, 15) is 4.79 Å². The van der Waals surface area contributed by atoms with Crippen LogP contribution in [0.25, 0.3) is 0 Å². The number of carbonyl (C=O) groups excluding carboxylic acids is 1. The van der Waals surface area contributed by atoms with Gasteiger partial charge in [0.15, 0.2) is 0 Å². The highest BCUT2D eigenvalue weighted by atomic mass is 16.5. The fourth-order valence-electron chi connectivity index (χ4n) is 2.32. The van der Waals surface area contributed by atoms with Gasteiger partial charge in [0, 0.05) is 6.08 Å². The summed E-state index contributed by atoms with van der Waals surface area (Å²) >= 11 is 0. The molecule has 2 heteroatoms. The number of ether oxygens (including phenoxy) is 1. The fourth-order valence-corrected chi connectivity index (χ4v) is 2.32. The highest BCUT2D eigenvalue weighted by Crippen LogP contribution is 2.37. The zero-order valence-corrected chi connectivity index (χ0v) is 9.61. The van der Waals surface area contributed by atoms with Crippen LogP contribution in [0.15, 0.2) is 24.8 Å². The van der Waals surface area contributed by atoms with Crippen molar-refractivity contribution in [1.82, 2.24) is 0 Å². The largest absolute Gasteiger partial charge is 0.462 e. The summed E-state index contributed by atoms with van der Waals surface area (Å²) in [6.07, 6.45) is 7.89. The molecule has 0 heterocycles. The second kappa shape index (κ2) is 5.74. The van der Waals surface area contributed by atoms with Crippen molar-refractivity contribution in [3.8, 4) is 0 Å². The van der Waals surface area contributed by atoms with Crippen LogP contribution >= 0.6 is 0 Å². The molecule has 0 aromatic heterocycles. The van der Waals surface area contributed by atoms with Crippen molar-refractivity contribution in [3.05, 3.63) is 24.8 Å². The van der Waals surface area contributed by atoms with Crippen LogP contribution in [0, 0.1) is 17.8 Å². The van der Waals surface area contributed by atoms with E-state index in [-0.39, 0.29) is 5.97 Å². The minimum absolute atomic E-state index is 0.308. The molecule has 0 aromatic carbocycles. The molecule has 0 radical (unpaired) electrons. The van der Waals surface area contributed by atoms with Gasteiger partial charge in [-0.25, -0.2) is 4.79 Å². The number of esters is 1. The third kappa shape index (κ3) is 3.54. The van der Waals surface area contributed by atoms with Gasteiger partial charge in [-0.3, -0.25) is 0 Å². The van der Waals surface area contributed by atoms with Crippen molar-refractivity contribution in [1.29, 1.82) is 0 Å². The Morgan fingerprint density at radius 2 is 2.27 bits per heavy atom. The van der Waals surface area contributed by atoms with Crippen LogP contribution < -0.4 is 0 Å². The first kappa shape index (κ1) is 12.0. The number of rotatable bonds is 4. The van der Waals surface area contributed by atoms with E-state index in [1.807, 2.05) is 0 Å². The molecule has 84 valence electrons. The molecule has 1 aliphatic carbocycles. The normalized spacial score (nSPS) is 30.7. The molecule has 1 saturated carbocycles. The molecule has 2 nitrogen and oxygen atoms in total. The Labute approximate surface area is 92.0 Å². The second-order valence-electron chi connectivity index (χ2n) is 4.34. The first-order chi connectivity index (χ1) is 7.17. The van der Waals surface area contributed by atoms with Gasteiger partial charge in [-0.15, -0.1) is 0 Å². The van der Waals surface area contributed by atoms with E-state index in [1.165, 1.54) is 6.08 Å². The summed E-state index contributed by atoms with van der Waals surface area (Å²) in [7, 11) is 0. The Balaban J connectivity index is 2.34. The van der Waals surface area contributed by atoms with Gasteiger partial charge in [-0.2, -0.15) is 0 Å². The summed E-state index contributed by atoms with van der Waals surface area (Å²) in [6.45, 7) is 8.24. The molecule has 3 unspecified atom stereocenters. The van der Waals surface area contributed by atoms with Crippen LogP contribution in [-0.2, 0) is 9.53 Å². The predicted octanol–water partition coefficient (Wildman–Crippen LogP) is 2.95. The average Bonchev–Trinajstić information content (AvgIpc) is 2.57. The molecular formula is C13H20O2. The van der Waals surface area contributed by atoms with Crippen molar-refractivity contribution in [3.63, 3.8) is 0 Å². The van der Waals surface area contributed by atoms with Crippen molar-refractivity contribution >= 4 is 5.97 Å². The molecule has 0 amide bonds. The molecule has 1 rings (SSSR count). The summed E-state index contributed by atoms with van der Waals surface area (Å²) in [4.78, 5) is 10.9. The zero-order chi connectivity index (χ0) is 11.3. The molecule has 0 aliphatic heterocycles. The lowest BCUT2D eigenvalue weighted by Crippen LogP contribution is -2.10. The Kier molecular flexibility index (Phi) is 4.60. The molecule has 1 fully saturated rings. The highest BCUT2D eigenvalue weighted by molar-refractivity contribution is 5.81. The summed E-state index contributed by atoms with van der Waals surface area (Å²) in [5.74, 6) is 1.57. The number of carbonyl (C=O) groups is 1.